The van der Waals surface area contributed by atoms with E-state index in [0.29, 0.717) is 31.1 Å². The first-order chi connectivity index (χ1) is 12.9. The molecule has 148 valence electrons. The molecule has 2 heterocycles. The summed E-state index contributed by atoms with van der Waals surface area (Å²) in [6.07, 6.45) is 0.288. The van der Waals surface area contributed by atoms with Gasteiger partial charge in [0.1, 0.15) is 0 Å². The number of benzene rings is 1. The minimum absolute atomic E-state index is 0.00738. The molecule has 3 amide bonds. The number of urea groups is 1. The molecule has 2 aliphatic heterocycles. The lowest BCUT2D eigenvalue weighted by Gasteiger charge is -2.35. The van der Waals surface area contributed by atoms with Crippen molar-refractivity contribution in [2.24, 2.45) is 0 Å². The zero-order valence-corrected chi connectivity index (χ0v) is 16.2. The number of nitrogens with one attached hydrogen (secondary N) is 1. The normalized spacial score (nSPS) is 25.5. The van der Waals surface area contributed by atoms with Crippen LogP contribution in [0.2, 0.25) is 0 Å². The third-order valence-corrected chi connectivity index (χ3v) is 4.84. The summed E-state index contributed by atoms with van der Waals surface area (Å²) < 4.78 is 16.2. The van der Waals surface area contributed by atoms with Crippen molar-refractivity contribution in [2.75, 3.05) is 38.8 Å². The van der Waals surface area contributed by atoms with Crippen molar-refractivity contribution in [3.8, 4) is 11.5 Å². The molecule has 0 saturated carbocycles. The zero-order chi connectivity index (χ0) is 19.6. The minimum Gasteiger partial charge on any atom is -0.493 e. The monoisotopic (exact) mass is 377 g/mol. The third kappa shape index (κ3) is 4.27. The van der Waals surface area contributed by atoms with Gasteiger partial charge in [0.25, 0.3) is 0 Å². The summed E-state index contributed by atoms with van der Waals surface area (Å²) in [5.41, 5.74) is 0.725. The maximum Gasteiger partial charge on any atom is 0.317 e. The first kappa shape index (κ1) is 19.3. The van der Waals surface area contributed by atoms with Gasteiger partial charge in [0.15, 0.2) is 11.5 Å². The molecule has 0 aliphatic carbocycles. The van der Waals surface area contributed by atoms with Gasteiger partial charge in [-0.25, -0.2) is 4.79 Å². The molecule has 8 heteroatoms. The quantitative estimate of drug-likeness (QED) is 0.863. The smallest absolute Gasteiger partial charge is 0.317 e. The average molecular weight is 377 g/mol. The molecule has 1 aromatic carbocycles. The fraction of sp³-hybridized carbons (Fsp3) is 0.579. The fourth-order valence-electron chi connectivity index (χ4n) is 3.66. The van der Waals surface area contributed by atoms with Crippen LogP contribution in [-0.4, -0.2) is 68.9 Å². The molecule has 0 aromatic heterocycles. The van der Waals surface area contributed by atoms with E-state index in [1.54, 1.807) is 36.2 Å². The molecule has 3 rings (SSSR count). The maximum absolute atomic E-state index is 12.6. The van der Waals surface area contributed by atoms with Crippen molar-refractivity contribution in [1.29, 1.82) is 0 Å². The second-order valence-corrected chi connectivity index (χ2v) is 7.06. The Morgan fingerprint density at radius 3 is 2.41 bits per heavy atom. The van der Waals surface area contributed by atoms with Crippen LogP contribution in [0.5, 0.6) is 11.5 Å². The van der Waals surface area contributed by atoms with Gasteiger partial charge in [0, 0.05) is 37.8 Å². The van der Waals surface area contributed by atoms with Crippen LogP contribution in [0, 0.1) is 0 Å². The number of anilines is 1. The van der Waals surface area contributed by atoms with E-state index in [1.807, 2.05) is 19.9 Å². The highest BCUT2D eigenvalue weighted by atomic mass is 16.5. The number of nitrogens with zero attached hydrogens (tertiary/aromatic N) is 2. The van der Waals surface area contributed by atoms with Gasteiger partial charge in [-0.05, 0) is 26.0 Å². The van der Waals surface area contributed by atoms with Gasteiger partial charge >= 0.3 is 6.03 Å². The van der Waals surface area contributed by atoms with E-state index >= 15 is 0 Å². The van der Waals surface area contributed by atoms with Crippen molar-refractivity contribution < 1.29 is 23.8 Å². The second kappa shape index (κ2) is 8.04. The molecular formula is C19H27N3O5. The highest BCUT2D eigenvalue weighted by Crippen LogP contribution is 2.33. The molecule has 0 unspecified atom stereocenters. The van der Waals surface area contributed by atoms with Crippen LogP contribution < -0.4 is 19.7 Å². The molecule has 27 heavy (non-hydrogen) atoms. The Bertz CT molecular complexity index is 701. The Morgan fingerprint density at radius 1 is 1.11 bits per heavy atom. The van der Waals surface area contributed by atoms with Crippen LogP contribution in [0.15, 0.2) is 18.2 Å². The van der Waals surface area contributed by atoms with Crippen LogP contribution in [0.1, 0.15) is 20.3 Å². The SMILES string of the molecule is COc1ccc(N2C[C@H](NC(=O)N3C[C@@H](C)O[C@H](C)C3)CC2=O)cc1OC. The second-order valence-electron chi connectivity index (χ2n) is 7.06. The summed E-state index contributed by atoms with van der Waals surface area (Å²) in [7, 11) is 3.12. The number of amides is 3. The molecule has 0 spiro atoms. The van der Waals surface area contributed by atoms with Crippen LogP contribution >= 0.6 is 0 Å². The van der Waals surface area contributed by atoms with Gasteiger partial charge in [-0.3, -0.25) is 4.79 Å². The van der Waals surface area contributed by atoms with E-state index in [4.69, 9.17) is 14.2 Å². The number of methoxy groups -OCH3 is 2. The molecule has 3 atom stereocenters. The molecular weight excluding hydrogens is 350 g/mol. The van der Waals surface area contributed by atoms with Gasteiger partial charge in [-0.15, -0.1) is 0 Å². The molecule has 0 radical (unpaired) electrons. The van der Waals surface area contributed by atoms with Crippen LogP contribution in [0.25, 0.3) is 0 Å². The predicted octanol–water partition coefficient (Wildman–Crippen LogP) is 1.63. The minimum atomic E-state index is -0.230. The molecule has 2 fully saturated rings. The number of ether oxygens (including phenoxy) is 3. The lowest BCUT2D eigenvalue weighted by atomic mass is 10.2. The molecule has 1 N–H and O–H groups in total. The number of hydrogen-bond acceptors (Lipinski definition) is 5. The Balaban J connectivity index is 1.64. The lowest BCUT2D eigenvalue weighted by molar-refractivity contribution is -0.117. The topological polar surface area (TPSA) is 80.3 Å². The molecule has 2 saturated heterocycles. The van der Waals surface area contributed by atoms with Gasteiger partial charge in [-0.2, -0.15) is 0 Å². The van der Waals surface area contributed by atoms with Crippen molar-refractivity contribution in [2.45, 2.75) is 38.5 Å². The largest absolute Gasteiger partial charge is 0.493 e. The van der Waals surface area contributed by atoms with E-state index in [2.05, 4.69) is 5.32 Å². The fourth-order valence-corrected chi connectivity index (χ4v) is 3.66. The summed E-state index contributed by atoms with van der Waals surface area (Å²) in [5, 5.41) is 2.98. The predicted molar refractivity (Wildman–Crippen MR) is 100 cm³/mol. The Hall–Kier alpha value is -2.48. The van der Waals surface area contributed by atoms with Crippen LogP contribution in [0.3, 0.4) is 0 Å². The van der Waals surface area contributed by atoms with E-state index < -0.39 is 0 Å². The third-order valence-electron chi connectivity index (χ3n) is 4.84. The number of hydrogen-bond donors (Lipinski definition) is 1. The zero-order valence-electron chi connectivity index (χ0n) is 16.2. The van der Waals surface area contributed by atoms with Gasteiger partial charge in [-0.1, -0.05) is 0 Å². The summed E-state index contributed by atoms with van der Waals surface area (Å²) in [5.74, 6) is 1.14. The van der Waals surface area contributed by atoms with E-state index in [1.165, 1.54) is 0 Å². The summed E-state index contributed by atoms with van der Waals surface area (Å²) in [6.45, 7) is 5.43. The number of carbonyl (C=O) groups is 2. The first-order valence-corrected chi connectivity index (χ1v) is 9.14. The Morgan fingerprint density at radius 2 is 1.78 bits per heavy atom. The van der Waals surface area contributed by atoms with Gasteiger partial charge in [0.05, 0.1) is 32.5 Å². The van der Waals surface area contributed by atoms with Crippen molar-refractivity contribution in [3.05, 3.63) is 18.2 Å². The Labute approximate surface area is 159 Å². The maximum atomic E-state index is 12.6. The number of rotatable bonds is 4. The van der Waals surface area contributed by atoms with E-state index in [0.717, 1.165) is 5.69 Å². The number of carbonyl (C=O) groups excluding carboxylic acids is 2. The van der Waals surface area contributed by atoms with Gasteiger partial charge < -0.3 is 29.3 Å². The summed E-state index contributed by atoms with van der Waals surface area (Å²) in [6, 6.07) is 4.97. The summed E-state index contributed by atoms with van der Waals surface area (Å²) in [4.78, 5) is 28.5. The standard InChI is InChI=1S/C19H27N3O5/c1-12-9-21(10-13(2)27-12)19(24)20-14-7-18(23)22(11-14)15-5-6-16(25-3)17(8-15)26-4/h5-6,8,12-14H,7,9-11H2,1-4H3,(H,20,24)/t12-,13-,14-/m1/s1. The molecule has 0 bridgehead atoms. The van der Waals surface area contributed by atoms with E-state index in [9.17, 15) is 9.59 Å². The van der Waals surface area contributed by atoms with E-state index in [-0.39, 0.29) is 36.6 Å². The summed E-state index contributed by atoms with van der Waals surface area (Å²) >= 11 is 0. The van der Waals surface area contributed by atoms with Gasteiger partial charge in [0.2, 0.25) is 5.91 Å². The molecule has 1 aromatic rings. The van der Waals surface area contributed by atoms with Crippen LogP contribution in [0.4, 0.5) is 10.5 Å². The van der Waals surface area contributed by atoms with Crippen molar-refractivity contribution in [3.63, 3.8) is 0 Å². The first-order valence-electron chi connectivity index (χ1n) is 9.14. The lowest BCUT2D eigenvalue weighted by Crippen LogP contribution is -2.53. The highest BCUT2D eigenvalue weighted by Gasteiger charge is 2.34. The average Bonchev–Trinajstić information content (AvgIpc) is 3.00. The van der Waals surface area contributed by atoms with Crippen molar-refractivity contribution >= 4 is 17.6 Å². The molecule has 8 nitrogen and oxygen atoms in total. The van der Waals surface area contributed by atoms with Crippen molar-refractivity contribution in [1.82, 2.24) is 10.2 Å². The van der Waals surface area contributed by atoms with Crippen LogP contribution in [-0.2, 0) is 9.53 Å². The molecule has 2 aliphatic rings. The Kier molecular flexibility index (Phi) is 5.74. The number of morpholine rings is 1. The highest BCUT2D eigenvalue weighted by molar-refractivity contribution is 5.97.